The van der Waals surface area contributed by atoms with Gasteiger partial charge in [0.1, 0.15) is 0 Å². The highest BCUT2D eigenvalue weighted by Gasteiger charge is 2.20. The van der Waals surface area contributed by atoms with Gasteiger partial charge in [0.2, 0.25) is 0 Å². The van der Waals surface area contributed by atoms with Crippen molar-refractivity contribution >= 4 is 0 Å². The highest BCUT2D eigenvalue weighted by Crippen LogP contribution is 2.24. The lowest BCUT2D eigenvalue weighted by atomic mass is 9.87. The Hall–Kier alpha value is -0.0800. The average molecular weight is 268 g/mol. The van der Waals surface area contributed by atoms with Crippen LogP contribution in [0.2, 0.25) is 0 Å². The molecule has 0 spiro atoms. The van der Waals surface area contributed by atoms with Crippen molar-refractivity contribution in [2.75, 3.05) is 26.2 Å². The molecule has 0 amide bonds. The number of rotatable bonds is 7. The maximum absolute atomic E-state index is 3.56. The summed E-state index contributed by atoms with van der Waals surface area (Å²) < 4.78 is 0. The van der Waals surface area contributed by atoms with Gasteiger partial charge in [-0.3, -0.25) is 0 Å². The molecule has 1 saturated heterocycles. The molecule has 0 unspecified atom stereocenters. The first-order valence-corrected chi connectivity index (χ1v) is 8.36. The lowest BCUT2D eigenvalue weighted by molar-refractivity contribution is 0.155. The lowest BCUT2D eigenvalue weighted by Gasteiger charge is -2.33. The van der Waals surface area contributed by atoms with Gasteiger partial charge in [-0.1, -0.05) is 20.3 Å². The van der Waals surface area contributed by atoms with E-state index >= 15 is 0 Å². The highest BCUT2D eigenvalue weighted by molar-refractivity contribution is 4.74. The largest absolute Gasteiger partial charge is 0.312 e. The predicted molar refractivity (Wildman–Crippen MR) is 85.6 cm³/mol. The van der Waals surface area contributed by atoms with Crippen LogP contribution < -0.4 is 5.32 Å². The van der Waals surface area contributed by atoms with E-state index in [4.69, 9.17) is 0 Å². The number of hydrogen-bond acceptors (Lipinski definition) is 2. The Morgan fingerprint density at radius 1 is 1.05 bits per heavy atom. The van der Waals surface area contributed by atoms with Gasteiger partial charge < -0.3 is 10.2 Å². The molecule has 1 fully saturated rings. The van der Waals surface area contributed by atoms with Gasteiger partial charge in [-0.2, -0.15) is 0 Å². The Morgan fingerprint density at radius 3 is 2.21 bits per heavy atom. The van der Waals surface area contributed by atoms with Crippen molar-refractivity contribution in [1.82, 2.24) is 10.2 Å². The lowest BCUT2D eigenvalue weighted by Crippen LogP contribution is -2.37. The maximum Gasteiger partial charge on any atom is 0.00965 e. The van der Waals surface area contributed by atoms with Gasteiger partial charge in [0, 0.05) is 5.54 Å². The molecule has 114 valence electrons. The minimum Gasteiger partial charge on any atom is -0.312 e. The zero-order valence-electron chi connectivity index (χ0n) is 14.0. The fraction of sp³-hybridized carbons (Fsp3) is 1.00. The van der Waals surface area contributed by atoms with E-state index < -0.39 is 0 Å². The highest BCUT2D eigenvalue weighted by atomic mass is 15.1. The van der Waals surface area contributed by atoms with E-state index in [0.29, 0.717) is 0 Å². The standard InChI is InChI=1S/C17H36N2/c1-15(2)16-9-13-19(14-10-16)12-8-6-7-11-18-17(3,4)5/h15-16,18H,6-14H2,1-5H3. The summed E-state index contributed by atoms with van der Waals surface area (Å²) in [6, 6.07) is 0. The molecule has 1 N–H and O–H groups in total. The maximum atomic E-state index is 3.56. The Balaban J connectivity index is 1.97. The van der Waals surface area contributed by atoms with Gasteiger partial charge >= 0.3 is 0 Å². The first-order chi connectivity index (χ1) is 8.88. The number of likely N-dealkylation sites (tertiary alicyclic amines) is 1. The van der Waals surface area contributed by atoms with Gasteiger partial charge in [0.25, 0.3) is 0 Å². The summed E-state index contributed by atoms with van der Waals surface area (Å²) in [5.74, 6) is 1.86. The van der Waals surface area contributed by atoms with Gasteiger partial charge in [-0.05, 0) is 84.5 Å². The smallest absolute Gasteiger partial charge is 0.00965 e. The van der Waals surface area contributed by atoms with Crippen LogP contribution in [0.5, 0.6) is 0 Å². The summed E-state index contributed by atoms with van der Waals surface area (Å²) in [4.78, 5) is 2.68. The number of nitrogens with one attached hydrogen (secondary N) is 1. The molecule has 1 heterocycles. The first kappa shape index (κ1) is 17.0. The van der Waals surface area contributed by atoms with E-state index in [1.807, 2.05) is 0 Å². The van der Waals surface area contributed by atoms with Crippen LogP contribution in [0.4, 0.5) is 0 Å². The van der Waals surface area contributed by atoms with Crippen LogP contribution >= 0.6 is 0 Å². The molecule has 2 heteroatoms. The molecule has 1 rings (SSSR count). The Labute approximate surface area is 121 Å². The van der Waals surface area contributed by atoms with Gasteiger partial charge in [-0.25, -0.2) is 0 Å². The van der Waals surface area contributed by atoms with Crippen LogP contribution in [0.15, 0.2) is 0 Å². The molecule has 0 bridgehead atoms. The van der Waals surface area contributed by atoms with Gasteiger partial charge in [-0.15, -0.1) is 0 Å². The summed E-state index contributed by atoms with van der Waals surface area (Å²) in [5.41, 5.74) is 0.277. The van der Waals surface area contributed by atoms with Crippen molar-refractivity contribution in [3.63, 3.8) is 0 Å². The molecule has 0 aromatic carbocycles. The molecule has 1 aliphatic rings. The van der Waals surface area contributed by atoms with Crippen LogP contribution in [0.3, 0.4) is 0 Å². The number of unbranched alkanes of at least 4 members (excludes halogenated alkanes) is 2. The Kier molecular flexibility index (Phi) is 7.38. The van der Waals surface area contributed by atoms with Crippen LogP contribution in [-0.4, -0.2) is 36.6 Å². The van der Waals surface area contributed by atoms with Crippen LogP contribution in [0.25, 0.3) is 0 Å². The van der Waals surface area contributed by atoms with Gasteiger partial charge in [0.05, 0.1) is 0 Å². The Morgan fingerprint density at radius 2 is 1.68 bits per heavy atom. The van der Waals surface area contributed by atoms with Crippen molar-refractivity contribution in [2.45, 2.75) is 72.3 Å². The molecule has 0 saturated carbocycles. The fourth-order valence-electron chi connectivity index (χ4n) is 2.94. The number of hydrogen-bond donors (Lipinski definition) is 1. The third-order valence-electron chi connectivity index (χ3n) is 4.38. The molecular formula is C17H36N2. The summed E-state index contributed by atoms with van der Waals surface area (Å²) in [5, 5.41) is 3.56. The van der Waals surface area contributed by atoms with E-state index in [0.717, 1.165) is 11.8 Å². The van der Waals surface area contributed by atoms with Crippen molar-refractivity contribution in [3.8, 4) is 0 Å². The van der Waals surface area contributed by atoms with E-state index in [-0.39, 0.29) is 5.54 Å². The van der Waals surface area contributed by atoms with Crippen LogP contribution in [0, 0.1) is 11.8 Å². The molecular weight excluding hydrogens is 232 g/mol. The minimum atomic E-state index is 0.277. The molecule has 0 aromatic heterocycles. The number of nitrogens with zero attached hydrogens (tertiary/aromatic N) is 1. The fourth-order valence-corrected chi connectivity index (χ4v) is 2.94. The van der Waals surface area contributed by atoms with E-state index in [2.05, 4.69) is 44.8 Å². The quantitative estimate of drug-likeness (QED) is 0.704. The monoisotopic (exact) mass is 268 g/mol. The molecule has 1 aliphatic heterocycles. The summed E-state index contributed by atoms with van der Waals surface area (Å²) in [6.45, 7) is 16.6. The zero-order valence-corrected chi connectivity index (χ0v) is 14.0. The Bertz CT molecular complexity index is 222. The van der Waals surface area contributed by atoms with Gasteiger partial charge in [0.15, 0.2) is 0 Å². The molecule has 2 nitrogen and oxygen atoms in total. The zero-order chi connectivity index (χ0) is 14.3. The second-order valence-electron chi connectivity index (χ2n) is 7.66. The predicted octanol–water partition coefficient (Wildman–Crippen LogP) is 3.91. The van der Waals surface area contributed by atoms with Crippen molar-refractivity contribution in [3.05, 3.63) is 0 Å². The third kappa shape index (κ3) is 7.94. The summed E-state index contributed by atoms with van der Waals surface area (Å²) in [6.07, 6.45) is 6.90. The normalized spacial score (nSPS) is 19.3. The van der Waals surface area contributed by atoms with Crippen molar-refractivity contribution in [2.24, 2.45) is 11.8 Å². The molecule has 0 atom stereocenters. The van der Waals surface area contributed by atoms with E-state index in [9.17, 15) is 0 Å². The molecule has 0 radical (unpaired) electrons. The van der Waals surface area contributed by atoms with Crippen LogP contribution in [-0.2, 0) is 0 Å². The summed E-state index contributed by atoms with van der Waals surface area (Å²) in [7, 11) is 0. The third-order valence-corrected chi connectivity index (χ3v) is 4.38. The van der Waals surface area contributed by atoms with Crippen molar-refractivity contribution < 1.29 is 0 Å². The van der Waals surface area contributed by atoms with Crippen LogP contribution in [0.1, 0.15) is 66.7 Å². The SMILES string of the molecule is CC(C)C1CCN(CCCCCNC(C)(C)C)CC1. The average Bonchev–Trinajstić information content (AvgIpc) is 2.33. The second-order valence-corrected chi connectivity index (χ2v) is 7.66. The molecule has 0 aromatic rings. The first-order valence-electron chi connectivity index (χ1n) is 8.36. The topological polar surface area (TPSA) is 15.3 Å². The second kappa shape index (κ2) is 8.26. The van der Waals surface area contributed by atoms with E-state index in [1.54, 1.807) is 0 Å². The minimum absolute atomic E-state index is 0.277. The molecule has 19 heavy (non-hydrogen) atoms. The molecule has 0 aliphatic carbocycles. The van der Waals surface area contributed by atoms with Crippen molar-refractivity contribution in [1.29, 1.82) is 0 Å². The number of piperidine rings is 1. The summed E-state index contributed by atoms with van der Waals surface area (Å²) >= 11 is 0. The van der Waals surface area contributed by atoms with E-state index in [1.165, 1.54) is 58.3 Å².